The van der Waals surface area contributed by atoms with Crippen LogP contribution in [0.3, 0.4) is 0 Å². The van der Waals surface area contributed by atoms with Crippen molar-refractivity contribution in [3.63, 3.8) is 0 Å². The van der Waals surface area contributed by atoms with Gasteiger partial charge >= 0.3 is 0 Å². The Morgan fingerprint density at radius 3 is 2.56 bits per heavy atom. The van der Waals surface area contributed by atoms with Crippen LogP contribution in [0.25, 0.3) is 0 Å². The van der Waals surface area contributed by atoms with Gasteiger partial charge in [-0.25, -0.2) is 8.42 Å². The van der Waals surface area contributed by atoms with E-state index < -0.39 is 10.0 Å². The molecule has 0 spiro atoms. The van der Waals surface area contributed by atoms with Crippen LogP contribution in [0.5, 0.6) is 0 Å². The fourth-order valence-electron chi connectivity index (χ4n) is 2.03. The van der Waals surface area contributed by atoms with Crippen LogP contribution in [0, 0.1) is 0 Å². The lowest BCUT2D eigenvalue weighted by Crippen LogP contribution is -2.28. The van der Waals surface area contributed by atoms with Crippen LogP contribution in [0.1, 0.15) is 15.2 Å². The molecule has 6 nitrogen and oxygen atoms in total. The first kappa shape index (κ1) is 20.3. The molecule has 0 saturated heterocycles. The number of carbonyl (C=O) groups excluding carboxylic acids is 1. The Hall–Kier alpha value is -0.970. The maximum absolute atomic E-state index is 12.6. The molecule has 10 heteroatoms. The number of benzene rings is 1. The monoisotopic (exact) mass is 466 g/mol. The lowest BCUT2D eigenvalue weighted by Gasteiger charge is -2.18. The maximum atomic E-state index is 12.6. The van der Waals surface area contributed by atoms with Gasteiger partial charge in [-0.1, -0.05) is 16.1 Å². The molecule has 0 fully saturated rings. The van der Waals surface area contributed by atoms with Crippen LogP contribution in [0.4, 0.5) is 0 Å². The zero-order valence-electron chi connectivity index (χ0n) is 13.7. The highest BCUT2D eigenvalue weighted by molar-refractivity contribution is 9.10. The van der Waals surface area contributed by atoms with Gasteiger partial charge in [0.05, 0.1) is 18.7 Å². The minimum absolute atomic E-state index is 0.0188. The molecule has 0 aliphatic carbocycles. The quantitative estimate of drug-likeness (QED) is 0.609. The molecular formula is C15H16BrClN2O4S2. The van der Waals surface area contributed by atoms with Crippen LogP contribution in [-0.2, 0) is 21.4 Å². The van der Waals surface area contributed by atoms with Gasteiger partial charge in [-0.2, -0.15) is 0 Å². The van der Waals surface area contributed by atoms with Crippen LogP contribution in [-0.4, -0.2) is 44.9 Å². The molecule has 2 aromatic rings. The first-order valence-electron chi connectivity index (χ1n) is 6.97. The first-order chi connectivity index (χ1) is 11.7. The van der Waals surface area contributed by atoms with Crippen molar-refractivity contribution in [2.75, 3.05) is 21.2 Å². The highest BCUT2D eigenvalue weighted by Gasteiger charge is 2.26. The largest absolute Gasteiger partial charge is 0.337 e. The van der Waals surface area contributed by atoms with Crippen LogP contribution in [0.15, 0.2) is 39.0 Å². The lowest BCUT2D eigenvalue weighted by molar-refractivity contribution is -0.0258. The van der Waals surface area contributed by atoms with Gasteiger partial charge in [-0.05, 0) is 40.2 Å². The molecule has 25 heavy (non-hydrogen) atoms. The Kier molecular flexibility index (Phi) is 6.63. The van der Waals surface area contributed by atoms with Crippen molar-refractivity contribution in [2.45, 2.75) is 11.4 Å². The molecule has 1 heterocycles. The van der Waals surface area contributed by atoms with E-state index in [-0.39, 0.29) is 21.4 Å². The van der Waals surface area contributed by atoms with E-state index >= 15 is 0 Å². The number of nitrogens with zero attached hydrogens (tertiary/aromatic N) is 2. The molecular weight excluding hydrogens is 452 g/mol. The number of rotatable bonds is 6. The number of thiophene rings is 1. The molecule has 0 aliphatic rings. The average Bonchev–Trinajstić information content (AvgIpc) is 2.98. The van der Waals surface area contributed by atoms with E-state index in [1.54, 1.807) is 7.05 Å². The van der Waals surface area contributed by atoms with Gasteiger partial charge in [0, 0.05) is 34.4 Å². The van der Waals surface area contributed by atoms with E-state index in [9.17, 15) is 13.2 Å². The summed E-state index contributed by atoms with van der Waals surface area (Å²) in [6.45, 7) is 0.414. The number of hydrogen-bond acceptors (Lipinski definition) is 5. The second-order valence-corrected chi connectivity index (χ2v) is 9.36. The molecule has 0 aliphatic heterocycles. The highest BCUT2D eigenvalue weighted by Crippen LogP contribution is 2.26. The maximum Gasteiger partial charge on any atom is 0.266 e. The summed E-state index contributed by atoms with van der Waals surface area (Å²) < 4.78 is 26.5. The summed E-state index contributed by atoms with van der Waals surface area (Å²) in [7, 11) is 0.181. The smallest absolute Gasteiger partial charge is 0.266 e. The molecule has 136 valence electrons. The highest BCUT2D eigenvalue weighted by atomic mass is 79.9. The van der Waals surface area contributed by atoms with E-state index in [0.717, 1.165) is 9.35 Å². The third-order valence-corrected chi connectivity index (χ3v) is 7.26. The van der Waals surface area contributed by atoms with Crippen molar-refractivity contribution in [1.82, 2.24) is 9.37 Å². The standard InChI is InChI=1S/C15H16BrClN2O4S2/c1-18(8-12-7-11(16)9-24-12)15(20)10-4-5-13(17)14(6-10)25(21,22)19(2)23-3/h4-7,9H,8H2,1-3H3. The summed E-state index contributed by atoms with van der Waals surface area (Å²) in [6.07, 6.45) is 0. The molecule has 0 bridgehead atoms. The number of sulfonamides is 1. The predicted molar refractivity (Wildman–Crippen MR) is 101 cm³/mol. The Morgan fingerprint density at radius 1 is 1.32 bits per heavy atom. The van der Waals surface area contributed by atoms with Crippen LogP contribution in [0.2, 0.25) is 5.02 Å². The molecule has 0 atom stereocenters. The van der Waals surface area contributed by atoms with Gasteiger partial charge in [0.2, 0.25) is 0 Å². The van der Waals surface area contributed by atoms with Crippen molar-refractivity contribution in [3.05, 3.63) is 49.6 Å². The Balaban J connectivity index is 2.30. The van der Waals surface area contributed by atoms with Gasteiger partial charge in [0.15, 0.2) is 0 Å². The van der Waals surface area contributed by atoms with E-state index in [2.05, 4.69) is 15.9 Å². The number of halogens is 2. The molecule has 1 aromatic carbocycles. The van der Waals surface area contributed by atoms with E-state index in [0.29, 0.717) is 11.0 Å². The van der Waals surface area contributed by atoms with Gasteiger partial charge in [-0.15, -0.1) is 11.3 Å². The average molecular weight is 468 g/mol. The van der Waals surface area contributed by atoms with Crippen molar-refractivity contribution >= 4 is 54.8 Å². The molecule has 0 radical (unpaired) electrons. The van der Waals surface area contributed by atoms with Crippen LogP contribution < -0.4 is 0 Å². The second-order valence-electron chi connectivity index (χ2n) is 5.13. The summed E-state index contributed by atoms with van der Waals surface area (Å²) in [5.74, 6) is -0.308. The van der Waals surface area contributed by atoms with E-state index in [1.807, 2.05) is 11.4 Å². The van der Waals surface area contributed by atoms with Gasteiger partial charge in [-0.3, -0.25) is 9.63 Å². The minimum Gasteiger partial charge on any atom is -0.337 e. The zero-order valence-corrected chi connectivity index (χ0v) is 17.7. The Morgan fingerprint density at radius 2 is 2.00 bits per heavy atom. The molecule has 1 aromatic heterocycles. The van der Waals surface area contributed by atoms with Gasteiger partial charge in [0.1, 0.15) is 4.90 Å². The third-order valence-electron chi connectivity index (χ3n) is 3.41. The zero-order chi connectivity index (χ0) is 18.8. The molecule has 0 N–H and O–H groups in total. The van der Waals surface area contributed by atoms with Gasteiger partial charge < -0.3 is 4.90 Å². The van der Waals surface area contributed by atoms with E-state index in [4.69, 9.17) is 16.4 Å². The normalized spacial score (nSPS) is 11.8. The number of amides is 1. The SMILES string of the molecule is CON(C)S(=O)(=O)c1cc(C(=O)N(C)Cc2cc(Br)cs2)ccc1Cl. The lowest BCUT2D eigenvalue weighted by atomic mass is 10.2. The molecule has 2 rings (SSSR count). The second kappa shape index (κ2) is 8.15. The summed E-state index contributed by atoms with van der Waals surface area (Å²) in [5, 5.41) is 1.95. The van der Waals surface area contributed by atoms with Crippen molar-refractivity contribution < 1.29 is 18.0 Å². The summed E-state index contributed by atoms with van der Waals surface area (Å²) in [5.41, 5.74) is 0.227. The first-order valence-corrected chi connectivity index (χ1v) is 10.5. The molecule has 1 amide bonds. The summed E-state index contributed by atoms with van der Waals surface area (Å²) >= 11 is 10.9. The predicted octanol–water partition coefficient (Wildman–Crippen LogP) is 3.62. The fraction of sp³-hybridized carbons (Fsp3) is 0.267. The van der Waals surface area contributed by atoms with Crippen molar-refractivity contribution in [1.29, 1.82) is 0 Å². The van der Waals surface area contributed by atoms with Crippen LogP contribution >= 0.6 is 38.9 Å². The summed E-state index contributed by atoms with van der Waals surface area (Å²) in [4.78, 5) is 19.7. The molecule has 0 unspecified atom stereocenters. The Labute approximate surface area is 164 Å². The topological polar surface area (TPSA) is 66.9 Å². The fourth-order valence-corrected chi connectivity index (χ4v) is 5.01. The third kappa shape index (κ3) is 4.60. The summed E-state index contributed by atoms with van der Waals surface area (Å²) in [6, 6.07) is 6.08. The number of carbonyl (C=O) groups is 1. The molecule has 0 saturated carbocycles. The van der Waals surface area contributed by atoms with E-state index in [1.165, 1.54) is 48.6 Å². The number of hydrogen-bond donors (Lipinski definition) is 0. The minimum atomic E-state index is -3.95. The van der Waals surface area contributed by atoms with Gasteiger partial charge in [0.25, 0.3) is 15.9 Å². The van der Waals surface area contributed by atoms with Crippen molar-refractivity contribution in [2.24, 2.45) is 0 Å². The Bertz CT molecular complexity index is 885. The van der Waals surface area contributed by atoms with Crippen molar-refractivity contribution in [3.8, 4) is 0 Å². The number of hydroxylamine groups is 1.